The summed E-state index contributed by atoms with van der Waals surface area (Å²) in [4.78, 5) is 4.70. The maximum absolute atomic E-state index is 6.04. The Labute approximate surface area is 120 Å². The van der Waals surface area contributed by atoms with Crippen molar-refractivity contribution in [2.45, 2.75) is 32.6 Å². The molecule has 0 radical (unpaired) electrons. The van der Waals surface area contributed by atoms with Gasteiger partial charge in [-0.25, -0.2) is 4.98 Å². The topological polar surface area (TPSA) is 38.6 Å². The van der Waals surface area contributed by atoms with E-state index in [-0.39, 0.29) is 0 Å². The van der Waals surface area contributed by atoms with Crippen molar-refractivity contribution in [2.75, 3.05) is 19.7 Å². The van der Waals surface area contributed by atoms with Crippen molar-refractivity contribution in [3.8, 4) is 5.75 Å². The Morgan fingerprint density at radius 1 is 1.40 bits per heavy atom. The molecule has 0 bridgehead atoms. The molecule has 0 saturated carbocycles. The summed E-state index contributed by atoms with van der Waals surface area (Å²) >= 11 is 0. The Balaban J connectivity index is 1.76. The molecule has 2 aromatic rings. The molecule has 0 amide bonds. The molecule has 1 aliphatic rings. The second-order valence-corrected chi connectivity index (χ2v) is 5.93. The van der Waals surface area contributed by atoms with Crippen LogP contribution < -0.4 is 10.1 Å². The van der Waals surface area contributed by atoms with Gasteiger partial charge in [-0.2, -0.15) is 0 Å². The fourth-order valence-corrected chi connectivity index (χ4v) is 2.65. The number of hydrogen-bond acceptors (Lipinski definition) is 3. The Morgan fingerprint density at radius 3 is 2.95 bits per heavy atom. The first-order chi connectivity index (χ1) is 9.74. The molecule has 4 nitrogen and oxygen atoms in total. The largest absolute Gasteiger partial charge is 0.489 e. The van der Waals surface area contributed by atoms with Crippen LogP contribution in [0.25, 0.3) is 5.65 Å². The normalized spacial score (nSPS) is 16.9. The van der Waals surface area contributed by atoms with Gasteiger partial charge in [0.05, 0.1) is 12.3 Å². The standard InChI is InChI=1S/C16H23N3O/c1-12(2)14-10-19-9-3-4-15(16(19)18-14)20-11-13-5-7-17-8-6-13/h3-4,9-10,12-13,17H,5-8,11H2,1-2H3. The molecule has 1 saturated heterocycles. The average molecular weight is 273 g/mol. The van der Waals surface area contributed by atoms with E-state index in [0.717, 1.165) is 36.8 Å². The highest BCUT2D eigenvalue weighted by molar-refractivity contribution is 5.54. The summed E-state index contributed by atoms with van der Waals surface area (Å²) in [7, 11) is 0. The lowest BCUT2D eigenvalue weighted by Gasteiger charge is -2.22. The van der Waals surface area contributed by atoms with Crippen LogP contribution in [0.1, 0.15) is 38.3 Å². The van der Waals surface area contributed by atoms with Gasteiger partial charge in [-0.3, -0.25) is 0 Å². The van der Waals surface area contributed by atoms with Crippen molar-refractivity contribution in [1.82, 2.24) is 14.7 Å². The third kappa shape index (κ3) is 2.80. The zero-order valence-electron chi connectivity index (χ0n) is 12.3. The highest BCUT2D eigenvalue weighted by atomic mass is 16.5. The molecular weight excluding hydrogens is 250 g/mol. The minimum absolute atomic E-state index is 0.437. The zero-order valence-corrected chi connectivity index (χ0v) is 12.3. The van der Waals surface area contributed by atoms with Gasteiger partial charge in [0.25, 0.3) is 0 Å². The number of fused-ring (bicyclic) bond motifs is 1. The molecule has 0 unspecified atom stereocenters. The van der Waals surface area contributed by atoms with Gasteiger partial charge < -0.3 is 14.5 Å². The molecule has 3 rings (SSSR count). The molecule has 1 fully saturated rings. The van der Waals surface area contributed by atoms with E-state index < -0.39 is 0 Å². The van der Waals surface area contributed by atoms with E-state index in [1.54, 1.807) is 0 Å². The first kappa shape index (κ1) is 13.4. The lowest BCUT2D eigenvalue weighted by molar-refractivity contribution is 0.216. The van der Waals surface area contributed by atoms with Gasteiger partial charge in [0, 0.05) is 12.4 Å². The van der Waals surface area contributed by atoms with Gasteiger partial charge >= 0.3 is 0 Å². The van der Waals surface area contributed by atoms with Crippen molar-refractivity contribution >= 4 is 5.65 Å². The van der Waals surface area contributed by atoms with E-state index in [4.69, 9.17) is 9.72 Å². The maximum atomic E-state index is 6.04. The van der Waals surface area contributed by atoms with Crippen LogP contribution in [-0.2, 0) is 0 Å². The lowest BCUT2D eigenvalue weighted by Crippen LogP contribution is -2.30. The van der Waals surface area contributed by atoms with E-state index in [9.17, 15) is 0 Å². The molecule has 0 aliphatic carbocycles. The third-order valence-electron chi connectivity index (χ3n) is 3.99. The van der Waals surface area contributed by atoms with Crippen LogP contribution in [0.2, 0.25) is 0 Å². The van der Waals surface area contributed by atoms with Gasteiger partial charge in [0.1, 0.15) is 0 Å². The highest BCUT2D eigenvalue weighted by Crippen LogP contribution is 2.23. The number of imidazole rings is 1. The van der Waals surface area contributed by atoms with Gasteiger partial charge in [-0.15, -0.1) is 0 Å². The second-order valence-electron chi connectivity index (χ2n) is 5.93. The Hall–Kier alpha value is -1.55. The fraction of sp³-hybridized carbons (Fsp3) is 0.562. The van der Waals surface area contributed by atoms with Crippen molar-refractivity contribution in [2.24, 2.45) is 5.92 Å². The molecule has 3 heterocycles. The van der Waals surface area contributed by atoms with E-state index >= 15 is 0 Å². The predicted molar refractivity (Wildman–Crippen MR) is 80.4 cm³/mol. The van der Waals surface area contributed by atoms with Crippen molar-refractivity contribution in [3.05, 3.63) is 30.2 Å². The molecule has 0 atom stereocenters. The molecule has 20 heavy (non-hydrogen) atoms. The molecule has 108 valence electrons. The first-order valence-electron chi connectivity index (χ1n) is 7.55. The summed E-state index contributed by atoms with van der Waals surface area (Å²) in [6, 6.07) is 4.05. The van der Waals surface area contributed by atoms with Crippen molar-refractivity contribution in [3.63, 3.8) is 0 Å². The van der Waals surface area contributed by atoms with Gasteiger partial charge in [0.15, 0.2) is 11.4 Å². The van der Waals surface area contributed by atoms with Gasteiger partial charge in [-0.1, -0.05) is 13.8 Å². The number of aromatic nitrogens is 2. The van der Waals surface area contributed by atoms with Crippen molar-refractivity contribution < 1.29 is 4.74 Å². The summed E-state index contributed by atoms with van der Waals surface area (Å²) in [6.07, 6.45) is 6.53. The number of nitrogens with zero attached hydrogens (tertiary/aromatic N) is 2. The number of pyridine rings is 1. The summed E-state index contributed by atoms with van der Waals surface area (Å²) in [6.45, 7) is 7.35. The summed E-state index contributed by atoms with van der Waals surface area (Å²) < 4.78 is 8.10. The highest BCUT2D eigenvalue weighted by Gasteiger charge is 2.15. The van der Waals surface area contributed by atoms with Crippen LogP contribution in [0.3, 0.4) is 0 Å². The van der Waals surface area contributed by atoms with Crippen LogP contribution >= 0.6 is 0 Å². The lowest BCUT2D eigenvalue weighted by atomic mass is 9.99. The number of nitrogens with one attached hydrogen (secondary N) is 1. The maximum Gasteiger partial charge on any atom is 0.179 e. The molecule has 1 aliphatic heterocycles. The van der Waals surface area contributed by atoms with Crippen LogP contribution in [0.5, 0.6) is 5.75 Å². The quantitative estimate of drug-likeness (QED) is 0.931. The van der Waals surface area contributed by atoms with E-state index in [2.05, 4.69) is 29.8 Å². The molecule has 0 aromatic carbocycles. The molecule has 0 spiro atoms. The fourth-order valence-electron chi connectivity index (χ4n) is 2.65. The monoisotopic (exact) mass is 273 g/mol. The Kier molecular flexibility index (Phi) is 3.92. The molecular formula is C16H23N3O. The number of ether oxygens (including phenoxy) is 1. The van der Waals surface area contributed by atoms with Crippen LogP contribution in [0.4, 0.5) is 0 Å². The number of rotatable bonds is 4. The second kappa shape index (κ2) is 5.83. The van der Waals surface area contributed by atoms with E-state index in [1.165, 1.54) is 12.8 Å². The summed E-state index contributed by atoms with van der Waals surface area (Å²) in [5.74, 6) is 2.00. The predicted octanol–water partition coefficient (Wildman–Crippen LogP) is 2.84. The summed E-state index contributed by atoms with van der Waals surface area (Å²) in [5, 5.41) is 3.39. The summed E-state index contributed by atoms with van der Waals surface area (Å²) in [5.41, 5.74) is 2.05. The minimum atomic E-state index is 0.437. The average Bonchev–Trinajstić information content (AvgIpc) is 2.91. The minimum Gasteiger partial charge on any atom is -0.489 e. The third-order valence-corrected chi connectivity index (χ3v) is 3.99. The van der Waals surface area contributed by atoms with E-state index in [0.29, 0.717) is 11.8 Å². The van der Waals surface area contributed by atoms with Crippen molar-refractivity contribution in [1.29, 1.82) is 0 Å². The van der Waals surface area contributed by atoms with Gasteiger partial charge in [-0.05, 0) is 49.9 Å². The van der Waals surface area contributed by atoms with Crippen LogP contribution in [-0.4, -0.2) is 29.1 Å². The Bertz CT molecular complexity index is 570. The smallest absolute Gasteiger partial charge is 0.179 e. The number of hydrogen-bond donors (Lipinski definition) is 1. The molecule has 4 heteroatoms. The van der Waals surface area contributed by atoms with Crippen LogP contribution in [0, 0.1) is 5.92 Å². The molecule has 1 N–H and O–H groups in total. The first-order valence-corrected chi connectivity index (χ1v) is 7.55. The Morgan fingerprint density at radius 2 is 2.20 bits per heavy atom. The van der Waals surface area contributed by atoms with Crippen LogP contribution in [0.15, 0.2) is 24.5 Å². The SMILES string of the molecule is CC(C)c1cn2cccc(OCC3CCNCC3)c2n1. The number of piperidine rings is 1. The van der Waals surface area contributed by atoms with Gasteiger partial charge in [0.2, 0.25) is 0 Å². The molecule has 2 aromatic heterocycles. The zero-order chi connectivity index (χ0) is 13.9. The van der Waals surface area contributed by atoms with E-state index in [1.807, 2.05) is 18.3 Å².